The zero-order valence-corrected chi connectivity index (χ0v) is 16.3. The summed E-state index contributed by atoms with van der Waals surface area (Å²) in [5.74, 6) is 0.530. The maximum Gasteiger partial charge on any atom is 0.489 e. The van der Waals surface area contributed by atoms with Crippen molar-refractivity contribution in [2.75, 3.05) is 12.4 Å². The van der Waals surface area contributed by atoms with Crippen LogP contribution in [0.5, 0.6) is 0 Å². The molecular formula is C18H24F3N3O2S. The number of hydrogen-bond acceptors (Lipinski definition) is 5. The number of fused-ring (bicyclic) bond motifs is 1. The van der Waals surface area contributed by atoms with Gasteiger partial charge in [-0.1, -0.05) is 44.9 Å². The number of rotatable bonds is 10. The predicted molar refractivity (Wildman–Crippen MR) is 98.4 cm³/mol. The Hall–Kier alpha value is -1.77. The fourth-order valence-electron chi connectivity index (χ4n) is 2.60. The van der Waals surface area contributed by atoms with E-state index in [0.717, 1.165) is 38.1 Å². The lowest BCUT2D eigenvalue weighted by atomic mass is 10.0. The molecule has 0 spiro atoms. The van der Waals surface area contributed by atoms with E-state index in [1.165, 1.54) is 17.8 Å². The van der Waals surface area contributed by atoms with Gasteiger partial charge in [0.15, 0.2) is 5.16 Å². The first-order chi connectivity index (χ1) is 12.8. The van der Waals surface area contributed by atoms with Gasteiger partial charge in [-0.05, 0) is 18.4 Å². The number of alkyl halides is 3. The van der Waals surface area contributed by atoms with Crippen LogP contribution in [0.3, 0.4) is 0 Å². The molecule has 0 aliphatic carbocycles. The van der Waals surface area contributed by atoms with Crippen molar-refractivity contribution in [1.82, 2.24) is 14.5 Å². The first kappa shape index (κ1) is 21.5. The fourth-order valence-corrected chi connectivity index (χ4v) is 3.34. The second kappa shape index (κ2) is 9.96. The summed E-state index contributed by atoms with van der Waals surface area (Å²) in [5, 5.41) is 0.338. The van der Waals surface area contributed by atoms with Crippen molar-refractivity contribution in [3.8, 4) is 0 Å². The quantitative estimate of drug-likeness (QED) is 0.312. The van der Waals surface area contributed by atoms with E-state index >= 15 is 0 Å². The van der Waals surface area contributed by atoms with Crippen LogP contribution in [0.1, 0.15) is 46.0 Å². The van der Waals surface area contributed by atoms with E-state index < -0.39 is 6.30 Å². The molecule has 27 heavy (non-hydrogen) atoms. The number of hydrogen-bond donors (Lipinski definition) is 0. The number of esters is 1. The summed E-state index contributed by atoms with van der Waals surface area (Å²) in [6.07, 6.45) is 2.06. The van der Waals surface area contributed by atoms with Gasteiger partial charge in [-0.15, -0.1) is 13.2 Å². The highest BCUT2D eigenvalue weighted by atomic mass is 32.2. The van der Waals surface area contributed by atoms with Gasteiger partial charge in [-0.3, -0.25) is 9.36 Å². The average Bonchev–Trinajstić information content (AvgIpc) is 3.05. The summed E-state index contributed by atoms with van der Waals surface area (Å²) < 4.78 is 43.9. The highest BCUT2D eigenvalue weighted by Crippen LogP contribution is 2.28. The number of halogens is 3. The van der Waals surface area contributed by atoms with Gasteiger partial charge in [0.2, 0.25) is 0 Å². The lowest BCUT2D eigenvalue weighted by molar-refractivity contribution is -0.200. The van der Waals surface area contributed by atoms with Crippen molar-refractivity contribution < 1.29 is 22.7 Å². The zero-order valence-electron chi connectivity index (χ0n) is 15.5. The molecule has 0 saturated heterocycles. The topological polar surface area (TPSA) is 57.0 Å². The maximum atomic E-state index is 12.8. The molecule has 1 unspecified atom stereocenters. The average molecular weight is 403 g/mol. The Morgan fingerprint density at radius 3 is 2.81 bits per heavy atom. The normalized spacial score (nSPS) is 13.1. The molecule has 2 rings (SSSR count). The number of ether oxygens (including phenoxy) is 1. The molecule has 0 aliphatic heterocycles. The van der Waals surface area contributed by atoms with Crippen LogP contribution in [0.15, 0.2) is 23.6 Å². The SMILES string of the molecule is CCCCC(CC)COC(=O)CCSc1ncc2c(ccn2C(F)(F)F)n1. The molecule has 5 nitrogen and oxygen atoms in total. The van der Waals surface area contributed by atoms with E-state index in [4.69, 9.17) is 4.74 Å². The zero-order chi connectivity index (χ0) is 19.9. The lowest BCUT2D eigenvalue weighted by Crippen LogP contribution is -2.15. The molecule has 1 atom stereocenters. The van der Waals surface area contributed by atoms with Crippen molar-refractivity contribution >= 4 is 28.8 Å². The monoisotopic (exact) mass is 403 g/mol. The van der Waals surface area contributed by atoms with Gasteiger partial charge in [0, 0.05) is 11.9 Å². The van der Waals surface area contributed by atoms with E-state index in [9.17, 15) is 18.0 Å². The molecule has 2 aromatic rings. The molecule has 2 aromatic heterocycles. The maximum absolute atomic E-state index is 12.8. The van der Waals surface area contributed by atoms with Crippen molar-refractivity contribution in [1.29, 1.82) is 0 Å². The standard InChI is InChI=1S/C18H24F3N3O2S/c1-3-5-6-13(4-2)12-26-16(25)8-10-27-17-22-11-15-14(23-17)7-9-24(15)18(19,20)21/h7,9,11,13H,3-6,8,10,12H2,1-2H3. The molecule has 0 aromatic carbocycles. The van der Waals surface area contributed by atoms with E-state index in [-0.39, 0.29) is 28.0 Å². The first-order valence-corrected chi connectivity index (χ1v) is 10.0. The van der Waals surface area contributed by atoms with Crippen LogP contribution in [-0.2, 0) is 15.8 Å². The van der Waals surface area contributed by atoms with Crippen molar-refractivity contribution in [2.24, 2.45) is 5.92 Å². The van der Waals surface area contributed by atoms with Gasteiger partial charge in [0.1, 0.15) is 0 Å². The molecule has 2 heterocycles. The van der Waals surface area contributed by atoms with Crippen LogP contribution in [-0.4, -0.2) is 32.9 Å². The molecule has 0 amide bonds. The third kappa shape index (κ3) is 6.41. The molecule has 0 saturated carbocycles. The smallest absolute Gasteiger partial charge is 0.465 e. The summed E-state index contributed by atoms with van der Waals surface area (Å²) in [6, 6.07) is 1.30. The Bertz CT molecular complexity index is 749. The number of carbonyl (C=O) groups is 1. The number of aromatic nitrogens is 3. The highest BCUT2D eigenvalue weighted by molar-refractivity contribution is 7.99. The van der Waals surface area contributed by atoms with E-state index in [1.54, 1.807) is 0 Å². The minimum absolute atomic E-state index is 0.0936. The molecule has 9 heteroatoms. The largest absolute Gasteiger partial charge is 0.489 e. The highest BCUT2D eigenvalue weighted by Gasteiger charge is 2.31. The van der Waals surface area contributed by atoms with Crippen molar-refractivity contribution in [3.63, 3.8) is 0 Å². The molecule has 0 radical (unpaired) electrons. The van der Waals surface area contributed by atoms with Crippen molar-refractivity contribution in [2.45, 2.75) is 57.4 Å². The van der Waals surface area contributed by atoms with E-state index in [1.807, 2.05) is 0 Å². The van der Waals surface area contributed by atoms with Crippen LogP contribution in [0.25, 0.3) is 11.0 Å². The van der Waals surface area contributed by atoms with E-state index in [2.05, 4.69) is 23.8 Å². The Morgan fingerprint density at radius 2 is 2.15 bits per heavy atom. The van der Waals surface area contributed by atoms with Gasteiger partial charge < -0.3 is 4.74 Å². The van der Waals surface area contributed by atoms with Gasteiger partial charge in [0.25, 0.3) is 0 Å². The summed E-state index contributed by atoms with van der Waals surface area (Å²) in [6.45, 7) is 4.66. The Morgan fingerprint density at radius 1 is 1.37 bits per heavy atom. The molecule has 0 fully saturated rings. The number of carbonyl (C=O) groups excluding carboxylic acids is 1. The summed E-state index contributed by atoms with van der Waals surface area (Å²) in [4.78, 5) is 19.9. The molecule has 0 aliphatic rings. The number of nitrogens with zero attached hydrogens (tertiary/aromatic N) is 3. The van der Waals surface area contributed by atoms with Crippen LogP contribution in [0.2, 0.25) is 0 Å². The minimum Gasteiger partial charge on any atom is -0.465 e. The Kier molecular flexibility index (Phi) is 7.94. The molecule has 0 N–H and O–H groups in total. The van der Waals surface area contributed by atoms with Gasteiger partial charge in [-0.25, -0.2) is 9.97 Å². The van der Waals surface area contributed by atoms with Crippen molar-refractivity contribution in [3.05, 3.63) is 18.5 Å². The predicted octanol–water partition coefficient (Wildman–Crippen LogP) is 5.15. The summed E-state index contributed by atoms with van der Waals surface area (Å²) >= 11 is 1.22. The van der Waals surface area contributed by atoms with Gasteiger partial charge in [0.05, 0.1) is 30.3 Å². The minimum atomic E-state index is -4.50. The molecule has 150 valence electrons. The van der Waals surface area contributed by atoms with Crippen LogP contribution in [0, 0.1) is 5.92 Å². The fraction of sp³-hybridized carbons (Fsp3) is 0.611. The molecule has 0 bridgehead atoms. The molecular weight excluding hydrogens is 379 g/mol. The van der Waals surface area contributed by atoms with Crippen LogP contribution >= 0.6 is 11.8 Å². The van der Waals surface area contributed by atoms with Crippen LogP contribution < -0.4 is 0 Å². The number of unbranched alkanes of at least 4 members (excludes halogenated alkanes) is 1. The summed E-state index contributed by atoms with van der Waals surface area (Å²) in [7, 11) is 0. The second-order valence-electron chi connectivity index (χ2n) is 6.27. The Labute approximate surface area is 160 Å². The van der Waals surface area contributed by atoms with Crippen LogP contribution in [0.4, 0.5) is 13.2 Å². The Balaban J connectivity index is 1.80. The van der Waals surface area contributed by atoms with Gasteiger partial charge >= 0.3 is 12.3 Å². The summed E-state index contributed by atoms with van der Waals surface area (Å²) in [5.41, 5.74) is 0.123. The van der Waals surface area contributed by atoms with E-state index in [0.29, 0.717) is 23.4 Å². The van der Waals surface area contributed by atoms with Gasteiger partial charge in [-0.2, -0.15) is 0 Å². The lowest BCUT2D eigenvalue weighted by Gasteiger charge is -2.14. The third-order valence-corrected chi connectivity index (χ3v) is 5.11. The second-order valence-corrected chi connectivity index (χ2v) is 7.34. The first-order valence-electron chi connectivity index (χ1n) is 9.04. The third-order valence-electron chi connectivity index (χ3n) is 4.25. The number of thioether (sulfide) groups is 1.